The van der Waals surface area contributed by atoms with Crippen LogP contribution in [0.15, 0.2) is 48.6 Å². The van der Waals surface area contributed by atoms with Crippen molar-refractivity contribution in [3.63, 3.8) is 0 Å². The van der Waals surface area contributed by atoms with Crippen LogP contribution in [0.25, 0.3) is 0 Å². The Morgan fingerprint density at radius 2 is 0.500 bits per heavy atom. The van der Waals surface area contributed by atoms with Crippen LogP contribution in [0.4, 0.5) is 0 Å². The molecule has 0 N–H and O–H groups in total. The van der Waals surface area contributed by atoms with E-state index in [1.165, 1.54) is 225 Å². The van der Waals surface area contributed by atoms with Crippen molar-refractivity contribution in [3.05, 3.63) is 48.6 Å². The van der Waals surface area contributed by atoms with Gasteiger partial charge in [-0.15, -0.1) is 0 Å². The second-order valence-corrected chi connectivity index (χ2v) is 21.3. The van der Waals surface area contributed by atoms with Crippen molar-refractivity contribution in [2.24, 2.45) is 0 Å². The Bertz CT molecular complexity index is 1250. The molecule has 0 aromatic carbocycles. The van der Waals surface area contributed by atoms with Crippen LogP contribution >= 0.6 is 0 Å². The Hall–Kier alpha value is -2.63. The summed E-state index contributed by atoms with van der Waals surface area (Å²) in [4.78, 5) is 38.3. The highest BCUT2D eigenvalue weighted by molar-refractivity contribution is 5.71. The number of rotatable bonds is 58. The minimum Gasteiger partial charge on any atom is -0.462 e. The van der Waals surface area contributed by atoms with Gasteiger partial charge in [0.15, 0.2) is 6.10 Å². The van der Waals surface area contributed by atoms with E-state index in [-0.39, 0.29) is 31.1 Å². The van der Waals surface area contributed by atoms with E-state index >= 15 is 0 Å². The maximum absolute atomic E-state index is 12.9. The number of ether oxygens (including phenoxy) is 3. The van der Waals surface area contributed by atoms with Crippen molar-refractivity contribution < 1.29 is 28.6 Å². The summed E-state index contributed by atoms with van der Waals surface area (Å²) in [7, 11) is 0. The molecule has 0 rings (SSSR count). The zero-order valence-electron chi connectivity index (χ0n) is 48.2. The molecule has 0 aromatic heterocycles. The van der Waals surface area contributed by atoms with Crippen molar-refractivity contribution in [2.45, 2.75) is 341 Å². The highest BCUT2D eigenvalue weighted by Gasteiger charge is 2.19. The molecule has 72 heavy (non-hydrogen) atoms. The second-order valence-electron chi connectivity index (χ2n) is 21.3. The molecule has 420 valence electrons. The molecule has 0 heterocycles. The normalized spacial score (nSPS) is 12.3. The molecular weight excluding hydrogens is 889 g/mol. The van der Waals surface area contributed by atoms with E-state index in [4.69, 9.17) is 14.2 Å². The minimum absolute atomic E-state index is 0.0723. The fraction of sp³-hybridized carbons (Fsp3) is 0.833. The first-order valence-corrected chi connectivity index (χ1v) is 31.6. The average molecular weight is 1010 g/mol. The molecule has 6 nitrogen and oxygen atoms in total. The molecule has 0 spiro atoms. The van der Waals surface area contributed by atoms with Crippen molar-refractivity contribution in [1.29, 1.82) is 0 Å². The van der Waals surface area contributed by atoms with Crippen LogP contribution in [0.1, 0.15) is 335 Å². The number of unbranched alkanes of at least 4 members (excludes halogenated alkanes) is 39. The first-order valence-electron chi connectivity index (χ1n) is 31.6. The van der Waals surface area contributed by atoms with E-state index in [2.05, 4.69) is 69.4 Å². The van der Waals surface area contributed by atoms with Crippen molar-refractivity contribution in [3.8, 4) is 0 Å². The third kappa shape index (κ3) is 58.3. The fourth-order valence-corrected chi connectivity index (χ4v) is 9.27. The lowest BCUT2D eigenvalue weighted by molar-refractivity contribution is -0.167. The van der Waals surface area contributed by atoms with Crippen LogP contribution in [0.2, 0.25) is 0 Å². The number of carbonyl (C=O) groups is 3. The van der Waals surface area contributed by atoms with E-state index in [0.29, 0.717) is 19.3 Å². The van der Waals surface area contributed by atoms with Crippen LogP contribution in [-0.2, 0) is 28.6 Å². The molecule has 0 fully saturated rings. The zero-order valence-corrected chi connectivity index (χ0v) is 48.2. The maximum Gasteiger partial charge on any atom is 0.306 e. The standard InChI is InChI=1S/C66H120O6/c1-4-7-10-13-16-19-22-25-28-31-33-35-38-41-44-47-50-53-56-59-65(68)71-62-63(61-70-64(67)58-55-52-49-46-43-40-37-30-27-24-21-18-15-12-9-6-3)72-66(69)60-57-54-51-48-45-42-39-36-34-32-29-26-23-20-17-14-11-8-5-2/h16-17,19-20,25-26,28-29,63H,4-15,18,21-24,27,30-62H2,1-3H3/b19-16-,20-17-,28-25-,29-26-/t63-/m1/s1. The summed E-state index contributed by atoms with van der Waals surface area (Å²) < 4.78 is 16.9. The van der Waals surface area contributed by atoms with Gasteiger partial charge in [0.25, 0.3) is 0 Å². The Labute approximate surface area is 448 Å². The first-order chi connectivity index (χ1) is 35.5. The Kier molecular flexibility index (Phi) is 58.7. The minimum atomic E-state index is -0.776. The highest BCUT2D eigenvalue weighted by Crippen LogP contribution is 2.17. The molecule has 0 radical (unpaired) electrons. The van der Waals surface area contributed by atoms with Gasteiger partial charge in [0.05, 0.1) is 0 Å². The van der Waals surface area contributed by atoms with Crippen LogP contribution in [0.5, 0.6) is 0 Å². The van der Waals surface area contributed by atoms with Gasteiger partial charge in [-0.1, -0.05) is 281 Å². The molecule has 0 aliphatic carbocycles. The van der Waals surface area contributed by atoms with Gasteiger partial charge >= 0.3 is 17.9 Å². The average Bonchev–Trinajstić information content (AvgIpc) is 3.38. The Morgan fingerprint density at radius 3 is 0.792 bits per heavy atom. The summed E-state index contributed by atoms with van der Waals surface area (Å²) in [6.07, 6.45) is 75.3. The lowest BCUT2D eigenvalue weighted by Gasteiger charge is -2.18. The van der Waals surface area contributed by atoms with Crippen molar-refractivity contribution >= 4 is 17.9 Å². The fourth-order valence-electron chi connectivity index (χ4n) is 9.27. The molecule has 0 amide bonds. The molecule has 0 saturated carbocycles. The maximum atomic E-state index is 12.9. The molecule has 6 heteroatoms. The SMILES string of the molecule is CCCCC/C=C\C/C=C\CCCCCCCCCCCC(=O)OC[C@@H](COC(=O)CCCCCCCCCCCCCCCCCC)OC(=O)CCCCCCCCCCC/C=C\C/C=C\CCCCC. The summed E-state index contributed by atoms with van der Waals surface area (Å²) in [6.45, 7) is 6.64. The molecule has 0 aliphatic rings. The van der Waals surface area contributed by atoms with E-state index in [9.17, 15) is 14.4 Å². The van der Waals surface area contributed by atoms with Gasteiger partial charge in [-0.25, -0.2) is 0 Å². The van der Waals surface area contributed by atoms with Crippen LogP contribution in [0, 0.1) is 0 Å². The van der Waals surface area contributed by atoms with Gasteiger partial charge < -0.3 is 14.2 Å². The predicted octanol–water partition coefficient (Wildman–Crippen LogP) is 21.4. The molecule has 0 unspecified atom stereocenters. The molecule has 0 bridgehead atoms. The summed E-state index contributed by atoms with van der Waals surface area (Å²) in [5.41, 5.74) is 0. The summed E-state index contributed by atoms with van der Waals surface area (Å²) >= 11 is 0. The molecular formula is C66H120O6. The number of allylic oxidation sites excluding steroid dienone is 8. The topological polar surface area (TPSA) is 78.9 Å². The van der Waals surface area contributed by atoms with E-state index < -0.39 is 6.10 Å². The van der Waals surface area contributed by atoms with E-state index in [0.717, 1.165) is 70.6 Å². The zero-order chi connectivity index (χ0) is 52.2. The smallest absolute Gasteiger partial charge is 0.306 e. The largest absolute Gasteiger partial charge is 0.462 e. The van der Waals surface area contributed by atoms with Gasteiger partial charge in [0.1, 0.15) is 13.2 Å². The molecule has 0 aliphatic heterocycles. The number of hydrogen-bond donors (Lipinski definition) is 0. The molecule has 1 atom stereocenters. The van der Waals surface area contributed by atoms with Gasteiger partial charge in [-0.05, 0) is 83.5 Å². The van der Waals surface area contributed by atoms with Gasteiger partial charge in [-0.2, -0.15) is 0 Å². The second kappa shape index (κ2) is 60.9. The third-order valence-electron chi connectivity index (χ3n) is 14.1. The lowest BCUT2D eigenvalue weighted by Crippen LogP contribution is -2.30. The first kappa shape index (κ1) is 69.4. The van der Waals surface area contributed by atoms with Crippen LogP contribution in [-0.4, -0.2) is 37.2 Å². The number of hydrogen-bond acceptors (Lipinski definition) is 6. The third-order valence-corrected chi connectivity index (χ3v) is 14.1. The summed E-state index contributed by atoms with van der Waals surface area (Å²) in [5, 5.41) is 0. The highest BCUT2D eigenvalue weighted by atomic mass is 16.6. The van der Waals surface area contributed by atoms with Crippen LogP contribution in [0.3, 0.4) is 0 Å². The predicted molar refractivity (Wildman–Crippen MR) is 312 cm³/mol. The van der Waals surface area contributed by atoms with E-state index in [1.54, 1.807) is 0 Å². The quantitative estimate of drug-likeness (QED) is 0.0261. The lowest BCUT2D eigenvalue weighted by atomic mass is 10.0. The Balaban J connectivity index is 4.35. The van der Waals surface area contributed by atoms with Crippen molar-refractivity contribution in [2.75, 3.05) is 13.2 Å². The van der Waals surface area contributed by atoms with E-state index in [1.807, 2.05) is 0 Å². The molecule has 0 aromatic rings. The summed E-state index contributed by atoms with van der Waals surface area (Å²) in [5.74, 6) is -0.860. The Morgan fingerprint density at radius 1 is 0.278 bits per heavy atom. The van der Waals surface area contributed by atoms with Gasteiger partial charge in [0.2, 0.25) is 0 Å². The van der Waals surface area contributed by atoms with Crippen molar-refractivity contribution in [1.82, 2.24) is 0 Å². The van der Waals surface area contributed by atoms with Gasteiger partial charge in [-0.3, -0.25) is 14.4 Å². The monoisotopic (exact) mass is 1010 g/mol. The van der Waals surface area contributed by atoms with Gasteiger partial charge in [0, 0.05) is 19.3 Å². The number of carbonyl (C=O) groups excluding carboxylic acids is 3. The molecule has 0 saturated heterocycles. The summed E-state index contributed by atoms with van der Waals surface area (Å²) in [6, 6.07) is 0. The van der Waals surface area contributed by atoms with Crippen LogP contribution < -0.4 is 0 Å². The number of esters is 3.